The summed E-state index contributed by atoms with van der Waals surface area (Å²) in [5, 5.41) is 0. The standard InChI is InChI=1S/C15H20N4O/c1-5-19-14(17-10(2)13(16)15(19)20)11-6-8-12(9-7-11)18(3)4/h6-9H,5,16H2,1-4H3. The van der Waals surface area contributed by atoms with E-state index in [1.165, 1.54) is 0 Å². The van der Waals surface area contributed by atoms with Crippen molar-refractivity contribution in [2.24, 2.45) is 0 Å². The Morgan fingerprint density at radius 3 is 2.35 bits per heavy atom. The fourth-order valence-electron chi connectivity index (χ4n) is 2.10. The van der Waals surface area contributed by atoms with Gasteiger partial charge in [0.25, 0.3) is 5.56 Å². The molecule has 2 rings (SSSR count). The first-order valence-corrected chi connectivity index (χ1v) is 6.60. The van der Waals surface area contributed by atoms with E-state index in [4.69, 9.17) is 5.73 Å². The first kappa shape index (κ1) is 14.1. The van der Waals surface area contributed by atoms with Gasteiger partial charge >= 0.3 is 0 Å². The van der Waals surface area contributed by atoms with E-state index >= 15 is 0 Å². The van der Waals surface area contributed by atoms with E-state index in [0.29, 0.717) is 18.1 Å². The zero-order valence-corrected chi connectivity index (χ0v) is 12.3. The summed E-state index contributed by atoms with van der Waals surface area (Å²) in [7, 11) is 3.98. The van der Waals surface area contributed by atoms with Crippen molar-refractivity contribution in [3.63, 3.8) is 0 Å². The molecule has 1 aromatic carbocycles. The summed E-state index contributed by atoms with van der Waals surface area (Å²) in [6.07, 6.45) is 0. The monoisotopic (exact) mass is 272 g/mol. The molecule has 0 spiro atoms. The second-order valence-corrected chi connectivity index (χ2v) is 4.93. The molecule has 2 aromatic rings. The number of nitrogens with zero attached hydrogens (tertiary/aromatic N) is 3. The Labute approximate surface area is 118 Å². The molecule has 0 unspecified atom stereocenters. The van der Waals surface area contributed by atoms with E-state index in [-0.39, 0.29) is 11.2 Å². The first-order chi connectivity index (χ1) is 9.45. The molecule has 0 aliphatic carbocycles. The summed E-state index contributed by atoms with van der Waals surface area (Å²) in [4.78, 5) is 18.7. The summed E-state index contributed by atoms with van der Waals surface area (Å²) in [6, 6.07) is 7.96. The lowest BCUT2D eigenvalue weighted by atomic mass is 10.1. The minimum atomic E-state index is -0.174. The molecule has 0 bridgehead atoms. The molecular weight excluding hydrogens is 252 g/mol. The normalized spacial score (nSPS) is 10.6. The maximum Gasteiger partial charge on any atom is 0.277 e. The molecule has 20 heavy (non-hydrogen) atoms. The van der Waals surface area contributed by atoms with Crippen LogP contribution in [0.15, 0.2) is 29.1 Å². The SMILES string of the molecule is CCn1c(-c2ccc(N(C)C)cc2)nc(C)c(N)c1=O. The van der Waals surface area contributed by atoms with Gasteiger partial charge in [0.15, 0.2) is 0 Å². The van der Waals surface area contributed by atoms with E-state index in [9.17, 15) is 4.79 Å². The summed E-state index contributed by atoms with van der Waals surface area (Å²) >= 11 is 0. The minimum Gasteiger partial charge on any atom is -0.393 e. The van der Waals surface area contributed by atoms with Gasteiger partial charge in [-0.15, -0.1) is 0 Å². The Morgan fingerprint density at radius 2 is 1.85 bits per heavy atom. The molecule has 0 aliphatic rings. The van der Waals surface area contributed by atoms with Gasteiger partial charge in [0.1, 0.15) is 11.5 Å². The Kier molecular flexibility index (Phi) is 3.79. The van der Waals surface area contributed by atoms with Crippen LogP contribution in [0.5, 0.6) is 0 Å². The smallest absolute Gasteiger partial charge is 0.277 e. The summed E-state index contributed by atoms with van der Waals surface area (Å²) in [6.45, 7) is 4.21. The van der Waals surface area contributed by atoms with Crippen molar-refractivity contribution >= 4 is 11.4 Å². The van der Waals surface area contributed by atoms with Crippen LogP contribution >= 0.6 is 0 Å². The predicted molar refractivity (Wildman–Crippen MR) is 83.1 cm³/mol. The number of rotatable bonds is 3. The highest BCUT2D eigenvalue weighted by molar-refractivity contribution is 5.62. The van der Waals surface area contributed by atoms with E-state index in [1.54, 1.807) is 11.5 Å². The lowest BCUT2D eigenvalue weighted by molar-refractivity contribution is 0.716. The molecule has 0 fully saturated rings. The third-order valence-corrected chi connectivity index (χ3v) is 3.35. The van der Waals surface area contributed by atoms with Crippen LogP contribution in [0.1, 0.15) is 12.6 Å². The average molecular weight is 272 g/mol. The van der Waals surface area contributed by atoms with Gasteiger partial charge in [0.05, 0.1) is 5.69 Å². The fraction of sp³-hybridized carbons (Fsp3) is 0.333. The van der Waals surface area contributed by atoms with E-state index in [2.05, 4.69) is 4.98 Å². The van der Waals surface area contributed by atoms with Crippen molar-refractivity contribution in [2.75, 3.05) is 24.7 Å². The van der Waals surface area contributed by atoms with Crippen molar-refractivity contribution < 1.29 is 0 Å². The highest BCUT2D eigenvalue weighted by Crippen LogP contribution is 2.21. The molecule has 0 saturated carbocycles. The topological polar surface area (TPSA) is 64.2 Å². The number of aryl methyl sites for hydroxylation is 1. The molecule has 0 radical (unpaired) electrons. The molecule has 0 amide bonds. The van der Waals surface area contributed by atoms with E-state index < -0.39 is 0 Å². The van der Waals surface area contributed by atoms with Crippen LogP contribution in [-0.2, 0) is 6.54 Å². The van der Waals surface area contributed by atoms with Gasteiger partial charge in [0, 0.05) is 31.9 Å². The molecule has 106 valence electrons. The highest BCUT2D eigenvalue weighted by Gasteiger charge is 2.12. The Balaban J connectivity index is 2.60. The van der Waals surface area contributed by atoms with Gasteiger partial charge in [-0.25, -0.2) is 4.98 Å². The van der Waals surface area contributed by atoms with Crippen molar-refractivity contribution in [1.82, 2.24) is 9.55 Å². The Bertz CT molecular complexity index is 672. The van der Waals surface area contributed by atoms with Gasteiger partial charge in [-0.3, -0.25) is 9.36 Å². The largest absolute Gasteiger partial charge is 0.393 e. The van der Waals surface area contributed by atoms with Gasteiger partial charge < -0.3 is 10.6 Å². The lowest BCUT2D eigenvalue weighted by Crippen LogP contribution is -2.26. The molecular formula is C15H20N4O. The molecule has 0 atom stereocenters. The first-order valence-electron chi connectivity index (χ1n) is 6.60. The maximum atomic E-state index is 12.2. The third-order valence-electron chi connectivity index (χ3n) is 3.35. The fourth-order valence-corrected chi connectivity index (χ4v) is 2.10. The lowest BCUT2D eigenvalue weighted by Gasteiger charge is -2.15. The van der Waals surface area contributed by atoms with Gasteiger partial charge in [0.2, 0.25) is 0 Å². The second-order valence-electron chi connectivity index (χ2n) is 4.93. The minimum absolute atomic E-state index is 0.174. The average Bonchev–Trinajstić information content (AvgIpc) is 2.44. The number of anilines is 2. The quantitative estimate of drug-likeness (QED) is 0.926. The predicted octanol–water partition coefficient (Wildman–Crippen LogP) is 1.89. The van der Waals surface area contributed by atoms with Crippen molar-refractivity contribution in [1.29, 1.82) is 0 Å². The summed E-state index contributed by atoms with van der Waals surface area (Å²) < 4.78 is 1.60. The molecule has 2 N–H and O–H groups in total. The zero-order chi connectivity index (χ0) is 14.9. The zero-order valence-electron chi connectivity index (χ0n) is 12.3. The van der Waals surface area contributed by atoms with Crippen molar-refractivity contribution in [3.8, 4) is 11.4 Å². The molecule has 1 aromatic heterocycles. The highest BCUT2D eigenvalue weighted by atomic mass is 16.1. The summed E-state index contributed by atoms with van der Waals surface area (Å²) in [5.74, 6) is 0.662. The number of hydrogen-bond acceptors (Lipinski definition) is 4. The van der Waals surface area contributed by atoms with Crippen LogP contribution in [0, 0.1) is 6.92 Å². The molecule has 0 aliphatic heterocycles. The van der Waals surface area contributed by atoms with E-state index in [1.807, 2.05) is 50.2 Å². The maximum absolute atomic E-state index is 12.2. The number of benzene rings is 1. The Morgan fingerprint density at radius 1 is 1.25 bits per heavy atom. The molecule has 0 saturated heterocycles. The molecule has 5 heteroatoms. The summed E-state index contributed by atoms with van der Waals surface area (Å²) in [5.41, 5.74) is 8.41. The van der Waals surface area contributed by atoms with Crippen LogP contribution in [0.2, 0.25) is 0 Å². The van der Waals surface area contributed by atoms with Crippen molar-refractivity contribution in [3.05, 3.63) is 40.3 Å². The van der Waals surface area contributed by atoms with Crippen LogP contribution in [0.25, 0.3) is 11.4 Å². The number of nitrogen functional groups attached to an aromatic ring is 1. The second kappa shape index (κ2) is 5.36. The molecule has 5 nitrogen and oxygen atoms in total. The third kappa shape index (κ3) is 2.39. The van der Waals surface area contributed by atoms with Crippen LogP contribution in [-0.4, -0.2) is 23.6 Å². The van der Waals surface area contributed by atoms with E-state index in [0.717, 1.165) is 11.3 Å². The number of hydrogen-bond donors (Lipinski definition) is 1. The number of aromatic nitrogens is 2. The molecule has 1 heterocycles. The number of nitrogens with two attached hydrogens (primary N) is 1. The van der Waals surface area contributed by atoms with Crippen LogP contribution in [0.3, 0.4) is 0 Å². The van der Waals surface area contributed by atoms with Crippen molar-refractivity contribution in [2.45, 2.75) is 20.4 Å². The van der Waals surface area contributed by atoms with Gasteiger partial charge in [-0.05, 0) is 38.1 Å². The Hall–Kier alpha value is -2.30. The van der Waals surface area contributed by atoms with Gasteiger partial charge in [-0.1, -0.05) is 0 Å². The van der Waals surface area contributed by atoms with Gasteiger partial charge in [-0.2, -0.15) is 0 Å². The van der Waals surface area contributed by atoms with Crippen LogP contribution < -0.4 is 16.2 Å². The van der Waals surface area contributed by atoms with Crippen LogP contribution in [0.4, 0.5) is 11.4 Å².